The Morgan fingerprint density at radius 1 is 0.854 bits per heavy atom. The van der Waals surface area contributed by atoms with E-state index in [4.69, 9.17) is 10.5 Å². The molecule has 3 nitrogen and oxygen atoms in total. The molecule has 1 aliphatic rings. The van der Waals surface area contributed by atoms with Gasteiger partial charge in [-0.1, -0.05) is 68.5 Å². The molecule has 3 heteroatoms. The summed E-state index contributed by atoms with van der Waals surface area (Å²) in [6, 6.07) is 26.3. The Kier molecular flexibility index (Phi) is 7.05. The maximum Gasteiger partial charge on any atom is 0.116 e. The van der Waals surface area contributed by atoms with Crippen molar-refractivity contribution in [3.8, 4) is 0 Å². The molecule has 5 aromatic carbocycles. The van der Waals surface area contributed by atoms with E-state index < -0.39 is 0 Å². The highest BCUT2D eigenvalue weighted by atomic mass is 16.5. The third kappa shape index (κ3) is 4.37. The topological polar surface area (TPSA) is 47.3 Å². The largest absolute Gasteiger partial charge is 0.499 e. The fourth-order valence-electron chi connectivity index (χ4n) is 6.41. The van der Waals surface area contributed by atoms with Crippen LogP contribution in [0.15, 0.2) is 90.7 Å². The zero-order valence-corrected chi connectivity index (χ0v) is 24.5. The smallest absolute Gasteiger partial charge is 0.116 e. The fourth-order valence-corrected chi connectivity index (χ4v) is 6.41. The molecule has 0 spiro atoms. The van der Waals surface area contributed by atoms with E-state index in [1.165, 1.54) is 43.2 Å². The number of allylic oxidation sites excluding steroid dienone is 2. The summed E-state index contributed by atoms with van der Waals surface area (Å²) in [6.07, 6.45) is 6.59. The number of methoxy groups -OCH3 is 1. The minimum Gasteiger partial charge on any atom is -0.499 e. The lowest BCUT2D eigenvalue weighted by Gasteiger charge is -2.36. The maximum absolute atomic E-state index is 6.49. The quantitative estimate of drug-likeness (QED) is 0.125. The molecule has 1 aliphatic carbocycles. The van der Waals surface area contributed by atoms with Crippen molar-refractivity contribution >= 4 is 61.4 Å². The van der Waals surface area contributed by atoms with Crippen LogP contribution >= 0.6 is 0 Å². The number of anilines is 2. The van der Waals surface area contributed by atoms with Crippen LogP contribution in [0.1, 0.15) is 50.7 Å². The van der Waals surface area contributed by atoms with Gasteiger partial charge < -0.3 is 15.8 Å². The third-order valence-corrected chi connectivity index (χ3v) is 8.62. The molecule has 0 radical (unpaired) electrons. The number of ether oxygens (including phenoxy) is 1. The van der Waals surface area contributed by atoms with Gasteiger partial charge in [-0.05, 0) is 105 Å². The van der Waals surface area contributed by atoms with Gasteiger partial charge in [-0.15, -0.1) is 0 Å². The molecular weight excluding hydrogens is 500 g/mol. The van der Waals surface area contributed by atoms with E-state index in [0.717, 1.165) is 58.3 Å². The summed E-state index contributed by atoms with van der Waals surface area (Å²) in [7, 11) is 1.78. The lowest BCUT2D eigenvalue weighted by molar-refractivity contribution is 0.265. The Balaban J connectivity index is 1.56. The van der Waals surface area contributed by atoms with Gasteiger partial charge in [0.2, 0.25) is 0 Å². The van der Waals surface area contributed by atoms with Crippen LogP contribution < -0.4 is 21.5 Å². The van der Waals surface area contributed by atoms with E-state index in [9.17, 15) is 0 Å². The number of unbranched alkanes of at least 4 members (excludes halogenated alkanes) is 1. The summed E-state index contributed by atoms with van der Waals surface area (Å²) < 4.78 is 6.18. The number of fused-ring (bicyclic) bond motifs is 3. The molecule has 0 saturated carbocycles. The van der Waals surface area contributed by atoms with Crippen LogP contribution in [0.4, 0.5) is 11.4 Å². The molecular formula is C38H38N2O. The van der Waals surface area contributed by atoms with Crippen LogP contribution in [0.5, 0.6) is 0 Å². The second-order valence-electron chi connectivity index (χ2n) is 10.9. The lowest BCUT2D eigenvalue weighted by atomic mass is 9.70. The summed E-state index contributed by atoms with van der Waals surface area (Å²) in [5, 5.41) is 13.2. The first-order chi connectivity index (χ1) is 20.0. The fraction of sp³-hybridized carbons (Fsp3) is 0.211. The zero-order chi connectivity index (χ0) is 28.7. The van der Waals surface area contributed by atoms with E-state index in [-0.39, 0.29) is 5.92 Å². The normalized spacial score (nSPS) is 16.2. The molecule has 0 aliphatic heterocycles. The second-order valence-corrected chi connectivity index (χ2v) is 10.9. The van der Waals surface area contributed by atoms with Crippen molar-refractivity contribution in [1.82, 2.24) is 0 Å². The number of nitrogen functional groups attached to an aromatic ring is 1. The van der Waals surface area contributed by atoms with Crippen molar-refractivity contribution in [1.29, 1.82) is 0 Å². The minimum atomic E-state index is -0.0172. The minimum absolute atomic E-state index is 0.0172. The van der Waals surface area contributed by atoms with Crippen LogP contribution in [-0.2, 0) is 4.74 Å². The van der Waals surface area contributed by atoms with Gasteiger partial charge in [0.1, 0.15) is 5.76 Å². The molecule has 0 saturated heterocycles. The van der Waals surface area contributed by atoms with E-state index in [1.54, 1.807) is 7.11 Å². The Morgan fingerprint density at radius 2 is 1.54 bits per heavy atom. The van der Waals surface area contributed by atoms with Gasteiger partial charge in [-0.2, -0.15) is 0 Å². The van der Waals surface area contributed by atoms with Crippen molar-refractivity contribution in [2.75, 3.05) is 24.7 Å². The molecule has 0 fully saturated rings. The van der Waals surface area contributed by atoms with Crippen molar-refractivity contribution in [3.05, 3.63) is 112 Å². The first-order valence-electron chi connectivity index (χ1n) is 14.6. The SMILES string of the molecule is C=C1C(c2ccc(N)c3cc(=C/C)/c(=C\C)cc23)=C(OC)C1c1ccc(NCCCC)c2cc3ccccc3cc12. The van der Waals surface area contributed by atoms with E-state index in [2.05, 4.69) is 112 Å². The maximum atomic E-state index is 6.49. The van der Waals surface area contributed by atoms with E-state index in [0.29, 0.717) is 0 Å². The number of benzene rings is 5. The standard InChI is InChI=1S/C38H38N2O/c1-6-9-18-40-35-17-15-29(31-21-26-12-10-11-13-27(26)22-33(31)35)37-23(4)36(38(37)41-5)28-14-16-34(39)32-20-25(8-3)24(7-2)19-30(28)32/h7-8,10-17,19-22,37,40H,4,6,9,18,39H2,1-3,5H3/b24-7-,25-8-. The molecule has 41 heavy (non-hydrogen) atoms. The first-order valence-corrected chi connectivity index (χ1v) is 14.6. The predicted octanol–water partition coefficient (Wildman–Crippen LogP) is 8.25. The molecule has 1 atom stereocenters. The van der Waals surface area contributed by atoms with Gasteiger partial charge in [-0.3, -0.25) is 0 Å². The van der Waals surface area contributed by atoms with Gasteiger partial charge in [0.05, 0.1) is 13.0 Å². The molecule has 3 N–H and O–H groups in total. The number of nitrogens with one attached hydrogen (secondary N) is 1. The predicted molar refractivity (Wildman–Crippen MR) is 179 cm³/mol. The number of rotatable bonds is 7. The van der Waals surface area contributed by atoms with Crippen molar-refractivity contribution in [2.24, 2.45) is 0 Å². The summed E-state index contributed by atoms with van der Waals surface area (Å²) in [6.45, 7) is 12.0. The van der Waals surface area contributed by atoms with Crippen LogP contribution in [0, 0.1) is 0 Å². The summed E-state index contributed by atoms with van der Waals surface area (Å²) in [4.78, 5) is 0. The summed E-state index contributed by atoms with van der Waals surface area (Å²) in [5.41, 5.74) is 12.9. The third-order valence-electron chi connectivity index (χ3n) is 8.62. The highest BCUT2D eigenvalue weighted by Crippen LogP contribution is 2.54. The van der Waals surface area contributed by atoms with Crippen LogP contribution in [0.2, 0.25) is 0 Å². The second kappa shape index (κ2) is 10.8. The summed E-state index contributed by atoms with van der Waals surface area (Å²) in [5.74, 6) is 0.937. The van der Waals surface area contributed by atoms with Gasteiger partial charge in [-0.25, -0.2) is 0 Å². The highest BCUT2D eigenvalue weighted by Gasteiger charge is 2.39. The Labute approximate surface area is 242 Å². The summed E-state index contributed by atoms with van der Waals surface area (Å²) >= 11 is 0. The molecule has 206 valence electrons. The van der Waals surface area contributed by atoms with Crippen LogP contribution in [0.25, 0.3) is 50.0 Å². The molecule has 5 aromatic rings. The van der Waals surface area contributed by atoms with Gasteiger partial charge >= 0.3 is 0 Å². The van der Waals surface area contributed by atoms with Crippen molar-refractivity contribution in [2.45, 2.75) is 39.5 Å². The van der Waals surface area contributed by atoms with E-state index in [1.807, 2.05) is 6.07 Å². The molecule has 0 heterocycles. The molecule has 0 amide bonds. The Hall–Kier alpha value is -4.50. The van der Waals surface area contributed by atoms with Crippen LogP contribution in [0.3, 0.4) is 0 Å². The molecule has 0 aromatic heterocycles. The zero-order valence-electron chi connectivity index (χ0n) is 24.5. The van der Waals surface area contributed by atoms with Gasteiger partial charge in [0.25, 0.3) is 0 Å². The average Bonchev–Trinajstić information content (AvgIpc) is 3.00. The molecule has 6 rings (SSSR count). The number of nitrogens with two attached hydrogens (primary N) is 1. The lowest BCUT2D eigenvalue weighted by Crippen LogP contribution is -2.25. The number of hydrogen-bond donors (Lipinski definition) is 2. The molecule has 1 unspecified atom stereocenters. The number of hydrogen-bond acceptors (Lipinski definition) is 3. The average molecular weight is 539 g/mol. The van der Waals surface area contributed by atoms with Gasteiger partial charge in [0.15, 0.2) is 0 Å². The van der Waals surface area contributed by atoms with Crippen molar-refractivity contribution < 1.29 is 4.74 Å². The first kappa shape index (κ1) is 26.7. The monoisotopic (exact) mass is 538 g/mol. The Morgan fingerprint density at radius 3 is 2.20 bits per heavy atom. The van der Waals surface area contributed by atoms with Gasteiger partial charge in [0, 0.05) is 34.3 Å². The Bertz CT molecular complexity index is 2000. The van der Waals surface area contributed by atoms with Crippen molar-refractivity contribution in [3.63, 3.8) is 0 Å². The molecule has 0 bridgehead atoms. The van der Waals surface area contributed by atoms with E-state index >= 15 is 0 Å². The highest BCUT2D eigenvalue weighted by molar-refractivity contribution is 6.09. The van der Waals surface area contributed by atoms with Crippen LogP contribution in [-0.4, -0.2) is 13.7 Å².